The molecule has 13 heteroatoms. The van der Waals surface area contributed by atoms with Gasteiger partial charge in [0, 0.05) is 30.7 Å². The molecule has 206 valence electrons. The van der Waals surface area contributed by atoms with Crippen molar-refractivity contribution in [2.75, 3.05) is 19.6 Å². The fraction of sp³-hybridized carbons (Fsp3) is 0.308. The van der Waals surface area contributed by atoms with Crippen LogP contribution < -0.4 is 11.4 Å². The number of para-hydroxylation sites is 2. The van der Waals surface area contributed by atoms with Crippen LogP contribution in [0.2, 0.25) is 5.02 Å². The molecule has 0 unspecified atom stereocenters. The molecule has 0 atom stereocenters. The van der Waals surface area contributed by atoms with Crippen molar-refractivity contribution in [2.24, 2.45) is 0 Å². The van der Waals surface area contributed by atoms with Crippen molar-refractivity contribution < 1.29 is 24.9 Å². The van der Waals surface area contributed by atoms with Crippen LogP contribution in [-0.2, 0) is 16.1 Å². The predicted octanol–water partition coefficient (Wildman–Crippen LogP) is 2.95. The third-order valence-corrected chi connectivity index (χ3v) is 6.85. The number of aromatic amines is 2. The SMILES string of the molecule is O=C(O)/C=C(/O)C(=O)O.O=c1[nH]c2ccccc2n1CCCN1CCC(n2c(=O)[nH]c3cc(Cl)ccc32)CC1. The average molecular weight is 558 g/mol. The van der Waals surface area contributed by atoms with Crippen LogP contribution >= 0.6 is 11.6 Å². The molecule has 5 N–H and O–H groups in total. The maximum absolute atomic E-state index is 12.5. The van der Waals surface area contributed by atoms with Gasteiger partial charge < -0.3 is 30.2 Å². The highest BCUT2D eigenvalue weighted by Crippen LogP contribution is 2.26. The van der Waals surface area contributed by atoms with E-state index in [0.717, 1.165) is 61.0 Å². The minimum absolute atomic E-state index is 0.0475. The van der Waals surface area contributed by atoms with Crippen molar-refractivity contribution in [3.8, 4) is 0 Å². The highest BCUT2D eigenvalue weighted by molar-refractivity contribution is 6.31. The van der Waals surface area contributed by atoms with Crippen LogP contribution in [0.25, 0.3) is 22.1 Å². The maximum Gasteiger partial charge on any atom is 0.371 e. The second-order valence-corrected chi connectivity index (χ2v) is 9.60. The van der Waals surface area contributed by atoms with Gasteiger partial charge in [-0.2, -0.15) is 0 Å². The fourth-order valence-corrected chi connectivity index (χ4v) is 5.00. The molecule has 0 spiro atoms. The monoisotopic (exact) mass is 557 g/mol. The summed E-state index contributed by atoms with van der Waals surface area (Å²) < 4.78 is 3.70. The number of aliphatic hydroxyl groups excluding tert-OH is 1. The number of aromatic nitrogens is 4. The Kier molecular flexibility index (Phi) is 8.57. The van der Waals surface area contributed by atoms with Gasteiger partial charge in [0.2, 0.25) is 5.76 Å². The maximum atomic E-state index is 12.5. The highest BCUT2D eigenvalue weighted by Gasteiger charge is 2.23. The summed E-state index contributed by atoms with van der Waals surface area (Å²) in [6, 6.07) is 13.5. The molecule has 12 nitrogen and oxygen atoms in total. The lowest BCUT2D eigenvalue weighted by Gasteiger charge is -2.32. The Labute approximate surface area is 226 Å². The van der Waals surface area contributed by atoms with Crippen LogP contribution in [0, 0.1) is 0 Å². The number of carboxylic acids is 2. The zero-order chi connectivity index (χ0) is 28.1. The van der Waals surface area contributed by atoms with E-state index in [-0.39, 0.29) is 23.5 Å². The summed E-state index contributed by atoms with van der Waals surface area (Å²) in [5.41, 5.74) is 3.44. The van der Waals surface area contributed by atoms with Gasteiger partial charge in [-0.1, -0.05) is 23.7 Å². The molecule has 1 fully saturated rings. The van der Waals surface area contributed by atoms with Gasteiger partial charge in [-0.15, -0.1) is 0 Å². The predicted molar refractivity (Wildman–Crippen MR) is 145 cm³/mol. The first-order valence-corrected chi connectivity index (χ1v) is 12.7. The van der Waals surface area contributed by atoms with E-state index in [0.29, 0.717) is 11.6 Å². The van der Waals surface area contributed by atoms with Crippen LogP contribution in [0.1, 0.15) is 25.3 Å². The number of carbonyl (C=O) groups is 2. The molecule has 1 aliphatic rings. The average Bonchev–Trinajstić information content (AvgIpc) is 3.39. The number of carboxylic acid groups (broad SMARTS) is 2. The quantitative estimate of drug-likeness (QED) is 0.170. The van der Waals surface area contributed by atoms with Gasteiger partial charge in [0.25, 0.3) is 0 Å². The van der Waals surface area contributed by atoms with Crippen LogP contribution in [0.4, 0.5) is 0 Å². The van der Waals surface area contributed by atoms with Crippen LogP contribution in [0.5, 0.6) is 0 Å². The van der Waals surface area contributed by atoms with Gasteiger partial charge in [0.15, 0.2) is 0 Å². The van der Waals surface area contributed by atoms with Gasteiger partial charge in [-0.05, 0) is 56.1 Å². The number of nitrogens with one attached hydrogen (secondary N) is 2. The molecule has 0 saturated carbocycles. The molecular weight excluding hydrogens is 530 g/mol. The summed E-state index contributed by atoms with van der Waals surface area (Å²) >= 11 is 6.05. The standard InChI is InChI=1S/C22H24ClN5O2.C4H4O5/c23-15-6-7-20-18(14-15)25-22(30)28(20)16-8-12-26(13-9-16)10-3-11-27-19-5-2-1-4-17(19)24-21(27)29;5-2(4(8)9)1-3(6)7/h1-2,4-7,14,16H,3,8-13H2,(H,24,29)(H,25,30);1,5H,(H,6,7)(H,8,9)/b;2-1+. The number of nitrogens with zero attached hydrogens (tertiary/aromatic N) is 3. The molecule has 0 amide bonds. The number of piperidine rings is 1. The van der Waals surface area contributed by atoms with Gasteiger partial charge in [0.1, 0.15) is 0 Å². The number of hydrogen-bond acceptors (Lipinski definition) is 6. The van der Waals surface area contributed by atoms with Crippen LogP contribution in [0.15, 0.2) is 63.9 Å². The minimum atomic E-state index is -1.66. The molecule has 4 aromatic rings. The Morgan fingerprint density at radius 3 is 2.28 bits per heavy atom. The van der Waals surface area contributed by atoms with Crippen molar-refractivity contribution in [1.82, 2.24) is 24.0 Å². The number of aliphatic hydroxyl groups is 1. The number of benzene rings is 2. The van der Waals surface area contributed by atoms with Crippen LogP contribution in [0.3, 0.4) is 0 Å². The summed E-state index contributed by atoms with van der Waals surface area (Å²) in [5.74, 6) is -4.32. The first-order chi connectivity index (χ1) is 18.6. The number of fused-ring (bicyclic) bond motifs is 2. The second kappa shape index (κ2) is 12.0. The third kappa shape index (κ3) is 6.59. The Morgan fingerprint density at radius 1 is 0.923 bits per heavy atom. The molecule has 0 aliphatic carbocycles. The summed E-state index contributed by atoms with van der Waals surface area (Å²) in [6.45, 7) is 3.53. The summed E-state index contributed by atoms with van der Waals surface area (Å²) in [6.07, 6.45) is 2.98. The largest absolute Gasteiger partial charge is 0.502 e. The van der Waals surface area contributed by atoms with Crippen molar-refractivity contribution >= 4 is 45.6 Å². The van der Waals surface area contributed by atoms with Crippen molar-refractivity contribution in [2.45, 2.75) is 31.8 Å². The van der Waals surface area contributed by atoms with E-state index in [9.17, 15) is 19.2 Å². The fourth-order valence-electron chi connectivity index (χ4n) is 4.83. The molecule has 3 heterocycles. The number of halogens is 1. The second-order valence-electron chi connectivity index (χ2n) is 9.16. The first-order valence-electron chi connectivity index (χ1n) is 12.3. The smallest absolute Gasteiger partial charge is 0.371 e. The number of aliphatic carboxylic acids is 2. The number of aryl methyl sites for hydroxylation is 1. The Balaban J connectivity index is 0.000000340. The number of likely N-dealkylation sites (tertiary alicyclic amines) is 1. The Bertz CT molecular complexity index is 1640. The third-order valence-electron chi connectivity index (χ3n) is 6.62. The van der Waals surface area contributed by atoms with Gasteiger partial charge in [-0.3, -0.25) is 9.13 Å². The number of rotatable bonds is 7. The van der Waals surface area contributed by atoms with E-state index in [2.05, 4.69) is 14.9 Å². The van der Waals surface area contributed by atoms with Crippen LogP contribution in [-0.4, -0.2) is 70.9 Å². The molecule has 2 aromatic heterocycles. The van der Waals surface area contributed by atoms with E-state index in [4.69, 9.17) is 26.9 Å². The van der Waals surface area contributed by atoms with Gasteiger partial charge in [-0.25, -0.2) is 19.2 Å². The molecule has 5 rings (SSSR count). The van der Waals surface area contributed by atoms with E-state index in [1.807, 2.05) is 45.5 Å². The molecule has 0 bridgehead atoms. The van der Waals surface area contributed by atoms with Gasteiger partial charge in [0.05, 0.1) is 28.1 Å². The zero-order valence-electron chi connectivity index (χ0n) is 20.8. The number of imidazole rings is 2. The zero-order valence-corrected chi connectivity index (χ0v) is 21.6. The van der Waals surface area contributed by atoms with E-state index in [1.165, 1.54) is 0 Å². The molecule has 1 aliphatic heterocycles. The minimum Gasteiger partial charge on any atom is -0.502 e. The van der Waals surface area contributed by atoms with Gasteiger partial charge >= 0.3 is 23.3 Å². The summed E-state index contributed by atoms with van der Waals surface area (Å²) in [4.78, 5) is 52.2. The molecule has 0 radical (unpaired) electrons. The lowest BCUT2D eigenvalue weighted by Crippen LogP contribution is -2.37. The molecule has 2 aromatic carbocycles. The Hall–Kier alpha value is -4.29. The number of hydrogen-bond donors (Lipinski definition) is 5. The van der Waals surface area contributed by atoms with Crippen molar-refractivity contribution in [3.63, 3.8) is 0 Å². The Morgan fingerprint density at radius 2 is 1.62 bits per heavy atom. The number of H-pyrrole nitrogens is 2. The summed E-state index contributed by atoms with van der Waals surface area (Å²) in [7, 11) is 0. The van der Waals surface area contributed by atoms with E-state index >= 15 is 0 Å². The van der Waals surface area contributed by atoms with Crippen molar-refractivity contribution in [1.29, 1.82) is 0 Å². The van der Waals surface area contributed by atoms with Crippen molar-refractivity contribution in [3.05, 3.63) is 80.3 Å². The lowest BCUT2D eigenvalue weighted by atomic mass is 10.0. The first kappa shape index (κ1) is 27.7. The molecule has 1 saturated heterocycles. The normalized spacial score (nSPS) is 14.8. The topological polar surface area (TPSA) is 174 Å². The van der Waals surface area contributed by atoms with E-state index < -0.39 is 17.7 Å². The lowest BCUT2D eigenvalue weighted by molar-refractivity contribution is -0.137. The molecule has 39 heavy (non-hydrogen) atoms. The highest BCUT2D eigenvalue weighted by atomic mass is 35.5. The molecular formula is C26H28ClN5O7. The summed E-state index contributed by atoms with van der Waals surface area (Å²) in [5, 5.41) is 24.5. The van der Waals surface area contributed by atoms with E-state index in [1.54, 1.807) is 6.07 Å².